The fourth-order valence-corrected chi connectivity index (χ4v) is 3.98. The van der Waals surface area contributed by atoms with E-state index in [1.807, 2.05) is 19.1 Å². The van der Waals surface area contributed by atoms with Crippen LogP contribution in [0.25, 0.3) is 10.8 Å². The van der Waals surface area contributed by atoms with Crippen LogP contribution in [0.2, 0.25) is 0 Å². The number of sulfonamides is 1. The zero-order chi connectivity index (χ0) is 18.4. The van der Waals surface area contributed by atoms with E-state index in [-0.39, 0.29) is 48.2 Å². The van der Waals surface area contributed by atoms with E-state index in [4.69, 9.17) is 0 Å². The van der Waals surface area contributed by atoms with Crippen LogP contribution in [0, 0.1) is 0 Å². The Kier molecular flexibility index (Phi) is 12.3. The minimum atomic E-state index is -3.56. The molecule has 0 aliphatic rings. The Morgan fingerprint density at radius 2 is 1.62 bits per heavy atom. The van der Waals surface area contributed by atoms with Crippen LogP contribution >= 0.6 is 37.2 Å². The predicted molar refractivity (Wildman–Crippen MR) is 124 cm³/mol. The van der Waals surface area contributed by atoms with Crippen molar-refractivity contribution in [2.24, 2.45) is 0 Å². The molecule has 0 amide bonds. The summed E-state index contributed by atoms with van der Waals surface area (Å²) in [6, 6.07) is 10.6. The van der Waals surface area contributed by atoms with E-state index in [2.05, 4.69) is 20.0 Å². The van der Waals surface area contributed by atoms with Gasteiger partial charge in [0.05, 0.1) is 4.90 Å². The number of nitrogens with one attached hydrogen (secondary N) is 2. The lowest BCUT2D eigenvalue weighted by molar-refractivity contribution is 0.537. The minimum absolute atomic E-state index is 0. The van der Waals surface area contributed by atoms with Crippen LogP contribution in [0.15, 0.2) is 66.1 Å². The Morgan fingerprint density at radius 1 is 0.931 bits per heavy atom. The van der Waals surface area contributed by atoms with Crippen molar-refractivity contribution in [1.82, 2.24) is 20.0 Å². The molecule has 0 radical (unpaired) electrons. The number of hydrogen-bond acceptors (Lipinski definition) is 5. The molecule has 2 aromatic heterocycles. The zero-order valence-corrected chi connectivity index (χ0v) is 19.1. The molecule has 10 heteroatoms. The topological polar surface area (TPSA) is 84.0 Å². The van der Waals surface area contributed by atoms with Gasteiger partial charge < -0.3 is 5.32 Å². The average molecular weight is 480 g/mol. The fraction of sp³-hybridized carbons (Fsp3) is 0.263. The van der Waals surface area contributed by atoms with Crippen LogP contribution in [0.1, 0.15) is 12.5 Å². The molecule has 1 unspecified atom stereocenters. The maximum Gasteiger partial charge on any atom is 0.240 e. The van der Waals surface area contributed by atoms with Crippen molar-refractivity contribution >= 4 is 58.0 Å². The van der Waals surface area contributed by atoms with Crippen LogP contribution in [0.5, 0.6) is 0 Å². The van der Waals surface area contributed by atoms with Crippen molar-refractivity contribution in [2.45, 2.75) is 24.3 Å². The Morgan fingerprint density at radius 3 is 2.34 bits per heavy atom. The van der Waals surface area contributed by atoms with Crippen LogP contribution in [-0.4, -0.2) is 37.5 Å². The van der Waals surface area contributed by atoms with Gasteiger partial charge in [-0.15, -0.1) is 37.2 Å². The number of pyridine rings is 2. The predicted octanol–water partition coefficient (Wildman–Crippen LogP) is 3.39. The SMILES string of the molecule is CC(CNCCc1ccncc1)NS(=O)(=O)c1ccc2cnccc2c1.Cl.Cl.Cl. The maximum atomic E-state index is 12.6. The summed E-state index contributed by atoms with van der Waals surface area (Å²) >= 11 is 0. The summed E-state index contributed by atoms with van der Waals surface area (Å²) in [5, 5.41) is 5.05. The molecule has 0 saturated heterocycles. The molecule has 0 aliphatic heterocycles. The molecule has 0 bridgehead atoms. The molecule has 0 aliphatic carbocycles. The fourth-order valence-electron chi connectivity index (χ4n) is 2.70. The summed E-state index contributed by atoms with van der Waals surface area (Å²) in [6.07, 6.45) is 7.79. The van der Waals surface area contributed by atoms with Gasteiger partial charge >= 0.3 is 0 Å². The highest BCUT2D eigenvalue weighted by molar-refractivity contribution is 7.89. The zero-order valence-electron chi connectivity index (χ0n) is 15.8. The Balaban J connectivity index is 0.00000261. The van der Waals surface area contributed by atoms with Gasteiger partial charge in [0.1, 0.15) is 0 Å². The first-order valence-electron chi connectivity index (χ1n) is 8.50. The molecule has 1 atom stereocenters. The Labute approximate surface area is 190 Å². The summed E-state index contributed by atoms with van der Waals surface area (Å²) < 4.78 is 27.9. The molecule has 29 heavy (non-hydrogen) atoms. The number of halogens is 3. The first-order valence-corrected chi connectivity index (χ1v) is 9.99. The molecule has 2 N–H and O–H groups in total. The number of nitrogens with zero attached hydrogens (tertiary/aromatic N) is 2. The van der Waals surface area contributed by atoms with Crippen LogP contribution < -0.4 is 10.0 Å². The lowest BCUT2D eigenvalue weighted by Gasteiger charge is -2.15. The lowest BCUT2D eigenvalue weighted by atomic mass is 10.2. The average Bonchev–Trinajstić information content (AvgIpc) is 2.65. The lowest BCUT2D eigenvalue weighted by Crippen LogP contribution is -2.40. The molecule has 3 rings (SSSR count). The summed E-state index contributed by atoms with van der Waals surface area (Å²) in [5.41, 5.74) is 1.20. The number of aromatic nitrogens is 2. The molecule has 0 fully saturated rings. The van der Waals surface area contributed by atoms with Gasteiger partial charge in [0.25, 0.3) is 0 Å². The smallest absolute Gasteiger partial charge is 0.240 e. The number of rotatable bonds is 8. The van der Waals surface area contributed by atoms with Gasteiger partial charge in [0, 0.05) is 42.8 Å². The summed E-state index contributed by atoms with van der Waals surface area (Å²) in [5.74, 6) is 0. The summed E-state index contributed by atoms with van der Waals surface area (Å²) in [7, 11) is -3.56. The quantitative estimate of drug-likeness (QED) is 0.484. The van der Waals surface area contributed by atoms with E-state index in [9.17, 15) is 8.42 Å². The van der Waals surface area contributed by atoms with Gasteiger partial charge in [-0.1, -0.05) is 6.07 Å². The molecule has 160 valence electrons. The van der Waals surface area contributed by atoms with Crippen molar-refractivity contribution in [3.8, 4) is 0 Å². The first kappa shape index (κ1) is 27.5. The minimum Gasteiger partial charge on any atom is -0.315 e. The van der Waals surface area contributed by atoms with Gasteiger partial charge in [-0.2, -0.15) is 0 Å². The second-order valence-electron chi connectivity index (χ2n) is 6.22. The number of benzene rings is 1. The van der Waals surface area contributed by atoms with E-state index in [0.29, 0.717) is 6.54 Å². The van der Waals surface area contributed by atoms with E-state index in [0.717, 1.165) is 23.7 Å². The standard InChI is InChI=1S/C19H22N4O2S.3ClH/c1-15(13-21-10-6-16-4-8-20-9-5-16)23-26(24,25)19-3-2-18-14-22-11-7-17(18)12-19;;;/h2-5,7-9,11-12,14-15,21,23H,6,10,13H2,1H3;3*1H. The van der Waals surface area contributed by atoms with Gasteiger partial charge in [0.15, 0.2) is 0 Å². The van der Waals surface area contributed by atoms with Crippen molar-refractivity contribution in [2.75, 3.05) is 13.1 Å². The van der Waals surface area contributed by atoms with Gasteiger partial charge in [-0.05, 0) is 61.2 Å². The van der Waals surface area contributed by atoms with E-state index in [1.54, 1.807) is 49.1 Å². The summed E-state index contributed by atoms with van der Waals surface area (Å²) in [6.45, 7) is 3.18. The molecular weight excluding hydrogens is 455 g/mol. The van der Waals surface area contributed by atoms with Crippen molar-refractivity contribution < 1.29 is 8.42 Å². The number of fused-ring (bicyclic) bond motifs is 1. The highest BCUT2D eigenvalue weighted by Crippen LogP contribution is 2.18. The summed E-state index contributed by atoms with van der Waals surface area (Å²) in [4.78, 5) is 8.29. The van der Waals surface area contributed by atoms with Crippen LogP contribution in [-0.2, 0) is 16.4 Å². The van der Waals surface area contributed by atoms with E-state index >= 15 is 0 Å². The largest absolute Gasteiger partial charge is 0.315 e. The number of hydrogen-bond donors (Lipinski definition) is 2. The monoisotopic (exact) mass is 478 g/mol. The highest BCUT2D eigenvalue weighted by Gasteiger charge is 2.17. The molecule has 0 spiro atoms. The second kappa shape index (κ2) is 13.0. The molecule has 2 heterocycles. The Bertz CT molecular complexity index is 975. The third-order valence-electron chi connectivity index (χ3n) is 4.07. The van der Waals surface area contributed by atoms with Crippen molar-refractivity contribution in [1.29, 1.82) is 0 Å². The molecule has 6 nitrogen and oxygen atoms in total. The van der Waals surface area contributed by atoms with E-state index < -0.39 is 10.0 Å². The molecular formula is C19H25Cl3N4O2S. The van der Waals surface area contributed by atoms with Gasteiger partial charge in [-0.25, -0.2) is 13.1 Å². The Hall–Kier alpha value is -1.48. The second-order valence-corrected chi connectivity index (χ2v) is 7.93. The van der Waals surface area contributed by atoms with Crippen LogP contribution in [0.3, 0.4) is 0 Å². The first-order chi connectivity index (χ1) is 12.5. The van der Waals surface area contributed by atoms with Crippen molar-refractivity contribution in [3.63, 3.8) is 0 Å². The molecule has 1 aromatic carbocycles. The van der Waals surface area contributed by atoms with Crippen molar-refractivity contribution in [3.05, 3.63) is 66.7 Å². The van der Waals surface area contributed by atoms with Gasteiger partial charge in [-0.3, -0.25) is 9.97 Å². The normalized spacial score (nSPS) is 11.6. The third kappa shape index (κ3) is 8.04. The van der Waals surface area contributed by atoms with Gasteiger partial charge in [0.2, 0.25) is 10.0 Å². The van der Waals surface area contributed by atoms with Crippen LogP contribution in [0.4, 0.5) is 0 Å². The maximum absolute atomic E-state index is 12.6. The van der Waals surface area contributed by atoms with E-state index in [1.165, 1.54) is 5.56 Å². The highest BCUT2D eigenvalue weighted by atomic mass is 35.5. The third-order valence-corrected chi connectivity index (χ3v) is 5.66. The molecule has 3 aromatic rings. The molecule has 0 saturated carbocycles.